The highest BCUT2D eigenvalue weighted by Gasteiger charge is 2.16. The van der Waals surface area contributed by atoms with Crippen LogP contribution < -0.4 is 0 Å². The molecule has 3 rings (SSSR count). The van der Waals surface area contributed by atoms with E-state index in [-0.39, 0.29) is 5.69 Å². The van der Waals surface area contributed by atoms with Gasteiger partial charge in [0, 0.05) is 33.4 Å². The SMILES string of the molecule is O=C(O)c1cn(-c2ccc(Cl)cc2)c(Cc2ccc(Cl)cc2Cl)n1. The van der Waals surface area contributed by atoms with Crippen molar-refractivity contribution >= 4 is 40.8 Å². The third-order valence-electron chi connectivity index (χ3n) is 3.47. The van der Waals surface area contributed by atoms with Crippen molar-refractivity contribution < 1.29 is 9.90 Å². The van der Waals surface area contributed by atoms with Gasteiger partial charge >= 0.3 is 5.97 Å². The van der Waals surface area contributed by atoms with Gasteiger partial charge < -0.3 is 9.67 Å². The Morgan fingerprint density at radius 2 is 1.71 bits per heavy atom. The van der Waals surface area contributed by atoms with Crippen LogP contribution in [0.15, 0.2) is 48.7 Å². The van der Waals surface area contributed by atoms with Crippen molar-refractivity contribution in [2.75, 3.05) is 0 Å². The molecule has 1 heterocycles. The van der Waals surface area contributed by atoms with Crippen LogP contribution in [0.2, 0.25) is 15.1 Å². The van der Waals surface area contributed by atoms with Gasteiger partial charge in [0.05, 0.1) is 0 Å². The number of benzene rings is 2. The zero-order chi connectivity index (χ0) is 17.3. The van der Waals surface area contributed by atoms with E-state index in [4.69, 9.17) is 34.8 Å². The minimum atomic E-state index is -1.09. The molecule has 0 amide bonds. The van der Waals surface area contributed by atoms with Gasteiger partial charge in [-0.25, -0.2) is 9.78 Å². The first-order valence-corrected chi connectivity index (χ1v) is 8.09. The number of hydrogen-bond donors (Lipinski definition) is 1. The summed E-state index contributed by atoms with van der Waals surface area (Å²) in [4.78, 5) is 15.5. The highest BCUT2D eigenvalue weighted by Crippen LogP contribution is 2.25. The third kappa shape index (κ3) is 3.56. The molecular formula is C17H11Cl3N2O2. The summed E-state index contributed by atoms with van der Waals surface area (Å²) < 4.78 is 1.71. The predicted molar refractivity (Wildman–Crippen MR) is 94.8 cm³/mol. The highest BCUT2D eigenvalue weighted by atomic mass is 35.5. The Hall–Kier alpha value is -2.01. The molecule has 0 saturated heterocycles. The number of imidazole rings is 1. The Morgan fingerprint density at radius 1 is 1.04 bits per heavy atom. The van der Waals surface area contributed by atoms with E-state index in [0.717, 1.165) is 11.3 Å². The fourth-order valence-corrected chi connectivity index (χ4v) is 2.91. The Balaban J connectivity index is 2.05. The largest absolute Gasteiger partial charge is 0.476 e. The summed E-state index contributed by atoms with van der Waals surface area (Å²) in [6.45, 7) is 0. The Bertz CT molecular complexity index is 905. The summed E-state index contributed by atoms with van der Waals surface area (Å²) in [7, 11) is 0. The average molecular weight is 382 g/mol. The number of nitrogens with zero attached hydrogens (tertiary/aromatic N) is 2. The molecule has 0 saturated carbocycles. The zero-order valence-corrected chi connectivity index (χ0v) is 14.5. The lowest BCUT2D eigenvalue weighted by molar-refractivity contribution is 0.0691. The van der Waals surface area contributed by atoms with Crippen LogP contribution in [-0.4, -0.2) is 20.6 Å². The lowest BCUT2D eigenvalue weighted by atomic mass is 10.1. The fraction of sp³-hybridized carbons (Fsp3) is 0.0588. The van der Waals surface area contributed by atoms with Crippen LogP contribution in [0.4, 0.5) is 0 Å². The number of hydrogen-bond acceptors (Lipinski definition) is 2. The first-order chi connectivity index (χ1) is 11.4. The molecule has 122 valence electrons. The van der Waals surface area contributed by atoms with Crippen molar-refractivity contribution in [3.63, 3.8) is 0 Å². The summed E-state index contributed by atoms with van der Waals surface area (Å²) in [6, 6.07) is 12.2. The van der Waals surface area contributed by atoms with Gasteiger partial charge in [-0.2, -0.15) is 0 Å². The van der Waals surface area contributed by atoms with Crippen LogP contribution in [0.1, 0.15) is 21.9 Å². The Labute approximate surface area is 153 Å². The smallest absolute Gasteiger partial charge is 0.356 e. The number of rotatable bonds is 4. The zero-order valence-electron chi connectivity index (χ0n) is 12.2. The van der Waals surface area contributed by atoms with Crippen LogP contribution in [0.25, 0.3) is 5.69 Å². The van der Waals surface area contributed by atoms with Crippen molar-refractivity contribution in [3.8, 4) is 5.69 Å². The molecule has 24 heavy (non-hydrogen) atoms. The van der Waals surface area contributed by atoms with E-state index in [1.807, 2.05) is 0 Å². The first kappa shape index (κ1) is 16.8. The molecule has 0 aliphatic heterocycles. The summed E-state index contributed by atoms with van der Waals surface area (Å²) in [5.74, 6) is -0.537. The van der Waals surface area contributed by atoms with Gasteiger partial charge in [0.15, 0.2) is 5.69 Å². The van der Waals surface area contributed by atoms with Crippen molar-refractivity contribution in [2.45, 2.75) is 6.42 Å². The lowest BCUT2D eigenvalue weighted by Crippen LogP contribution is -2.02. The molecule has 7 heteroatoms. The number of carboxylic acids is 1. The van der Waals surface area contributed by atoms with Gasteiger partial charge in [0.2, 0.25) is 0 Å². The second-order valence-corrected chi connectivity index (χ2v) is 6.39. The lowest BCUT2D eigenvalue weighted by Gasteiger charge is -2.09. The van der Waals surface area contributed by atoms with Gasteiger partial charge in [-0.1, -0.05) is 40.9 Å². The van der Waals surface area contributed by atoms with E-state index in [9.17, 15) is 9.90 Å². The highest BCUT2D eigenvalue weighted by molar-refractivity contribution is 6.35. The van der Waals surface area contributed by atoms with E-state index >= 15 is 0 Å². The van der Waals surface area contributed by atoms with Crippen molar-refractivity contribution in [1.29, 1.82) is 0 Å². The van der Waals surface area contributed by atoms with E-state index in [1.165, 1.54) is 6.20 Å². The molecule has 0 aliphatic rings. The summed E-state index contributed by atoms with van der Waals surface area (Å²) >= 11 is 18.0. The van der Waals surface area contributed by atoms with Crippen LogP contribution in [-0.2, 0) is 6.42 Å². The molecule has 0 unspecified atom stereocenters. The quantitative estimate of drug-likeness (QED) is 0.682. The van der Waals surface area contributed by atoms with Crippen molar-refractivity contribution in [2.24, 2.45) is 0 Å². The number of carbonyl (C=O) groups is 1. The van der Waals surface area contributed by atoms with Crippen LogP contribution in [0.3, 0.4) is 0 Å². The maximum absolute atomic E-state index is 11.3. The maximum Gasteiger partial charge on any atom is 0.356 e. The molecule has 3 aromatic rings. The van der Waals surface area contributed by atoms with Gasteiger partial charge in [-0.15, -0.1) is 0 Å². The molecule has 0 bridgehead atoms. The molecule has 0 atom stereocenters. The third-order valence-corrected chi connectivity index (χ3v) is 4.31. The van der Waals surface area contributed by atoms with Crippen molar-refractivity contribution in [3.05, 3.63) is 80.8 Å². The summed E-state index contributed by atoms with van der Waals surface area (Å²) in [5, 5.41) is 10.9. The van der Waals surface area contributed by atoms with Crippen molar-refractivity contribution in [1.82, 2.24) is 9.55 Å². The van der Waals surface area contributed by atoms with Crippen LogP contribution >= 0.6 is 34.8 Å². The number of aromatic carboxylic acids is 1. The first-order valence-electron chi connectivity index (χ1n) is 6.95. The fourth-order valence-electron chi connectivity index (χ4n) is 2.31. The molecule has 1 N–H and O–H groups in total. The number of halogens is 3. The van der Waals surface area contributed by atoms with Gasteiger partial charge in [-0.05, 0) is 42.0 Å². The molecule has 0 radical (unpaired) electrons. The monoisotopic (exact) mass is 380 g/mol. The average Bonchev–Trinajstić information content (AvgIpc) is 2.95. The molecule has 4 nitrogen and oxygen atoms in total. The second-order valence-electron chi connectivity index (χ2n) is 5.11. The Kier molecular flexibility index (Phi) is 4.81. The molecule has 0 spiro atoms. The molecule has 0 aliphatic carbocycles. The van der Waals surface area contributed by atoms with E-state index in [1.54, 1.807) is 47.0 Å². The molecule has 1 aromatic heterocycles. The molecular weight excluding hydrogens is 371 g/mol. The second kappa shape index (κ2) is 6.85. The number of carboxylic acid groups (broad SMARTS) is 1. The molecule has 0 fully saturated rings. The van der Waals surface area contributed by atoms with E-state index in [2.05, 4.69) is 4.98 Å². The maximum atomic E-state index is 11.3. The minimum absolute atomic E-state index is 0.0370. The normalized spacial score (nSPS) is 10.8. The minimum Gasteiger partial charge on any atom is -0.476 e. The topological polar surface area (TPSA) is 55.1 Å². The van der Waals surface area contributed by atoms with Crippen LogP contribution in [0, 0.1) is 0 Å². The number of aromatic nitrogens is 2. The van der Waals surface area contributed by atoms with Crippen LogP contribution in [0.5, 0.6) is 0 Å². The van der Waals surface area contributed by atoms with Gasteiger partial charge in [-0.3, -0.25) is 0 Å². The van der Waals surface area contributed by atoms with E-state index < -0.39 is 5.97 Å². The predicted octanol–water partition coefficient (Wildman–Crippen LogP) is 5.12. The molecule has 2 aromatic carbocycles. The summed E-state index contributed by atoms with van der Waals surface area (Å²) in [6.07, 6.45) is 1.84. The van der Waals surface area contributed by atoms with Gasteiger partial charge in [0.25, 0.3) is 0 Å². The van der Waals surface area contributed by atoms with E-state index in [0.29, 0.717) is 27.3 Å². The summed E-state index contributed by atoms with van der Waals surface area (Å²) in [5.41, 5.74) is 1.53. The Morgan fingerprint density at radius 3 is 2.33 bits per heavy atom. The standard InChI is InChI=1S/C17H11Cl3N2O2/c18-11-3-5-13(6-4-11)22-9-15(17(23)24)21-16(22)7-10-1-2-12(19)8-14(10)20/h1-6,8-9H,7H2,(H,23,24). The van der Waals surface area contributed by atoms with Gasteiger partial charge in [0.1, 0.15) is 5.82 Å².